The maximum absolute atomic E-state index is 12.6. The Bertz CT molecular complexity index is 931. The minimum absolute atomic E-state index is 0.0331. The zero-order valence-electron chi connectivity index (χ0n) is 17.5. The van der Waals surface area contributed by atoms with Gasteiger partial charge in [0.05, 0.1) is 18.2 Å². The Morgan fingerprint density at radius 2 is 1.77 bits per heavy atom. The van der Waals surface area contributed by atoms with Crippen molar-refractivity contribution in [3.8, 4) is 11.5 Å². The number of oxazole rings is 1. The fourth-order valence-corrected chi connectivity index (χ4v) is 4.01. The van der Waals surface area contributed by atoms with Gasteiger partial charge in [0.15, 0.2) is 0 Å². The second-order valence-electron chi connectivity index (χ2n) is 8.14. The highest BCUT2D eigenvalue weighted by molar-refractivity contribution is 5.78. The lowest BCUT2D eigenvalue weighted by molar-refractivity contribution is -0.120. The van der Waals surface area contributed by atoms with E-state index in [0.717, 1.165) is 24.6 Å². The Balaban J connectivity index is 1.37. The molecule has 0 spiro atoms. The van der Waals surface area contributed by atoms with Crippen LogP contribution in [-0.4, -0.2) is 35.4 Å². The molecule has 1 N–H and O–H groups in total. The number of amides is 1. The lowest BCUT2D eigenvalue weighted by atomic mass is 9.95. The molecular formula is C25H29N3O2. The number of rotatable bonds is 7. The number of benzene rings is 2. The van der Waals surface area contributed by atoms with E-state index in [-0.39, 0.29) is 18.4 Å². The van der Waals surface area contributed by atoms with Crippen LogP contribution in [0.25, 0.3) is 11.5 Å². The fraction of sp³-hybridized carbons (Fsp3) is 0.360. The predicted molar refractivity (Wildman–Crippen MR) is 118 cm³/mol. The summed E-state index contributed by atoms with van der Waals surface area (Å²) in [6.07, 6.45) is 4.20. The summed E-state index contributed by atoms with van der Waals surface area (Å²) < 4.78 is 5.55. The highest BCUT2D eigenvalue weighted by Gasteiger charge is 2.25. The first-order valence-corrected chi connectivity index (χ1v) is 10.7. The first-order chi connectivity index (χ1) is 14.7. The van der Waals surface area contributed by atoms with Crippen LogP contribution in [0.15, 0.2) is 71.3 Å². The highest BCUT2D eigenvalue weighted by atomic mass is 16.3. The number of carbonyl (C=O) groups excluding carboxylic acids is 1. The zero-order chi connectivity index (χ0) is 20.8. The molecule has 2 aromatic carbocycles. The van der Waals surface area contributed by atoms with Gasteiger partial charge in [-0.3, -0.25) is 9.69 Å². The van der Waals surface area contributed by atoms with E-state index < -0.39 is 0 Å². The topological polar surface area (TPSA) is 58.4 Å². The van der Waals surface area contributed by atoms with Crippen LogP contribution >= 0.6 is 0 Å². The summed E-state index contributed by atoms with van der Waals surface area (Å²) in [5.41, 5.74) is 2.81. The van der Waals surface area contributed by atoms with E-state index in [1.54, 1.807) is 6.26 Å². The Kier molecular flexibility index (Phi) is 6.60. The van der Waals surface area contributed by atoms with Crippen LogP contribution < -0.4 is 5.32 Å². The quantitative estimate of drug-likeness (QED) is 0.632. The number of nitrogens with one attached hydrogen (secondary N) is 1. The van der Waals surface area contributed by atoms with Crippen LogP contribution in [0.1, 0.15) is 37.1 Å². The molecule has 4 rings (SSSR count). The monoisotopic (exact) mass is 403 g/mol. The van der Waals surface area contributed by atoms with Crippen molar-refractivity contribution in [3.63, 3.8) is 0 Å². The van der Waals surface area contributed by atoms with Crippen LogP contribution in [0.4, 0.5) is 0 Å². The molecule has 30 heavy (non-hydrogen) atoms. The molecular weight excluding hydrogens is 374 g/mol. The number of piperidine rings is 1. The smallest absolute Gasteiger partial charge is 0.226 e. The Morgan fingerprint density at radius 1 is 1.10 bits per heavy atom. The largest absolute Gasteiger partial charge is 0.444 e. The lowest BCUT2D eigenvalue weighted by Crippen LogP contribution is -2.42. The molecule has 2 heterocycles. The number of hydrogen-bond donors (Lipinski definition) is 1. The van der Waals surface area contributed by atoms with E-state index in [1.165, 1.54) is 18.4 Å². The van der Waals surface area contributed by atoms with E-state index >= 15 is 0 Å². The van der Waals surface area contributed by atoms with Crippen molar-refractivity contribution in [1.29, 1.82) is 0 Å². The van der Waals surface area contributed by atoms with Gasteiger partial charge in [0.25, 0.3) is 0 Å². The van der Waals surface area contributed by atoms with Crippen LogP contribution in [-0.2, 0) is 11.2 Å². The van der Waals surface area contributed by atoms with Crippen LogP contribution in [0.3, 0.4) is 0 Å². The normalized spacial score (nSPS) is 16.3. The van der Waals surface area contributed by atoms with Crippen molar-refractivity contribution < 1.29 is 9.21 Å². The first kappa shape index (κ1) is 20.4. The number of nitrogens with zero attached hydrogens (tertiary/aromatic N) is 2. The molecule has 5 heteroatoms. The summed E-state index contributed by atoms with van der Waals surface area (Å²) in [7, 11) is 0. The molecule has 5 nitrogen and oxygen atoms in total. The van der Waals surface area contributed by atoms with E-state index in [1.807, 2.05) is 36.4 Å². The molecule has 1 aliphatic rings. The number of aromatic nitrogens is 1. The van der Waals surface area contributed by atoms with Gasteiger partial charge in [-0.1, -0.05) is 55.5 Å². The maximum Gasteiger partial charge on any atom is 0.226 e. The molecule has 0 aliphatic carbocycles. The standard InChI is InChI=1S/C25H29N3O2/c1-19-12-14-28(15-13-19)23(20-8-4-2-5-9-20)17-26-24(29)16-22-18-30-25(27-22)21-10-6-3-7-11-21/h2-11,18-19,23H,12-17H2,1H3,(H,26,29). The van der Waals surface area contributed by atoms with Gasteiger partial charge in [0.1, 0.15) is 6.26 Å². The van der Waals surface area contributed by atoms with Crippen molar-refractivity contribution in [3.05, 3.63) is 78.2 Å². The molecule has 1 saturated heterocycles. The van der Waals surface area contributed by atoms with Gasteiger partial charge >= 0.3 is 0 Å². The highest BCUT2D eigenvalue weighted by Crippen LogP contribution is 2.26. The average molecular weight is 404 g/mol. The van der Waals surface area contributed by atoms with Gasteiger partial charge < -0.3 is 9.73 Å². The third-order valence-corrected chi connectivity index (χ3v) is 5.85. The Morgan fingerprint density at radius 3 is 2.47 bits per heavy atom. The molecule has 0 bridgehead atoms. The van der Waals surface area contributed by atoms with Crippen LogP contribution in [0, 0.1) is 5.92 Å². The summed E-state index contributed by atoms with van der Waals surface area (Å²) >= 11 is 0. The number of carbonyl (C=O) groups is 1. The molecule has 0 saturated carbocycles. The molecule has 3 aromatic rings. The predicted octanol–water partition coefficient (Wildman–Crippen LogP) is 4.47. The second kappa shape index (κ2) is 9.72. The second-order valence-corrected chi connectivity index (χ2v) is 8.14. The average Bonchev–Trinajstić information content (AvgIpc) is 3.25. The maximum atomic E-state index is 12.6. The van der Waals surface area contributed by atoms with E-state index in [0.29, 0.717) is 18.1 Å². The van der Waals surface area contributed by atoms with Crippen molar-refractivity contribution in [2.24, 2.45) is 5.92 Å². The van der Waals surface area contributed by atoms with Gasteiger partial charge in [0, 0.05) is 12.1 Å². The van der Waals surface area contributed by atoms with Crippen molar-refractivity contribution in [2.75, 3.05) is 19.6 Å². The molecule has 1 amide bonds. The molecule has 1 aliphatic heterocycles. The number of hydrogen-bond acceptors (Lipinski definition) is 4. The number of likely N-dealkylation sites (tertiary alicyclic amines) is 1. The van der Waals surface area contributed by atoms with Crippen molar-refractivity contribution in [1.82, 2.24) is 15.2 Å². The molecule has 0 radical (unpaired) electrons. The fourth-order valence-electron chi connectivity index (χ4n) is 4.01. The Labute approximate surface area is 178 Å². The molecule has 1 aromatic heterocycles. The van der Waals surface area contributed by atoms with Gasteiger partial charge in [-0.15, -0.1) is 0 Å². The minimum atomic E-state index is -0.0331. The van der Waals surface area contributed by atoms with Crippen LogP contribution in [0.2, 0.25) is 0 Å². The lowest BCUT2D eigenvalue weighted by Gasteiger charge is -2.37. The summed E-state index contributed by atoms with van der Waals surface area (Å²) in [6.45, 7) is 5.06. The zero-order valence-corrected chi connectivity index (χ0v) is 17.5. The SMILES string of the molecule is CC1CCN(C(CNC(=O)Cc2coc(-c3ccccc3)n2)c2ccccc2)CC1. The van der Waals surface area contributed by atoms with Gasteiger partial charge in [-0.05, 0) is 49.5 Å². The van der Waals surface area contributed by atoms with Gasteiger partial charge in [-0.25, -0.2) is 4.98 Å². The third-order valence-electron chi connectivity index (χ3n) is 5.85. The molecule has 1 fully saturated rings. The molecule has 1 unspecified atom stereocenters. The van der Waals surface area contributed by atoms with E-state index in [4.69, 9.17) is 4.42 Å². The van der Waals surface area contributed by atoms with Gasteiger partial charge in [-0.2, -0.15) is 0 Å². The van der Waals surface area contributed by atoms with E-state index in [2.05, 4.69) is 46.4 Å². The van der Waals surface area contributed by atoms with E-state index in [9.17, 15) is 4.79 Å². The van der Waals surface area contributed by atoms with Crippen molar-refractivity contribution >= 4 is 5.91 Å². The third kappa shape index (κ3) is 5.16. The molecule has 156 valence electrons. The summed E-state index contributed by atoms with van der Waals surface area (Å²) in [5.74, 6) is 1.29. The van der Waals surface area contributed by atoms with Crippen LogP contribution in [0.5, 0.6) is 0 Å². The summed E-state index contributed by atoms with van der Waals surface area (Å²) in [5, 5.41) is 3.12. The van der Waals surface area contributed by atoms with Crippen molar-refractivity contribution in [2.45, 2.75) is 32.2 Å². The Hall–Kier alpha value is -2.92. The first-order valence-electron chi connectivity index (χ1n) is 10.7. The summed E-state index contributed by atoms with van der Waals surface area (Å²) in [6, 6.07) is 20.4. The van der Waals surface area contributed by atoms with Gasteiger partial charge in [0.2, 0.25) is 11.8 Å². The summed E-state index contributed by atoms with van der Waals surface area (Å²) in [4.78, 5) is 19.6. The molecule has 1 atom stereocenters. The minimum Gasteiger partial charge on any atom is -0.444 e.